The van der Waals surface area contributed by atoms with Crippen LogP contribution in [0.4, 0.5) is 5.69 Å². The van der Waals surface area contributed by atoms with Gasteiger partial charge in [-0.05, 0) is 36.4 Å². The van der Waals surface area contributed by atoms with E-state index in [4.69, 9.17) is 25.8 Å². The van der Waals surface area contributed by atoms with Crippen molar-refractivity contribution >= 4 is 35.0 Å². The predicted octanol–water partition coefficient (Wildman–Crippen LogP) is 5.06. The van der Waals surface area contributed by atoms with Crippen LogP contribution in [0, 0.1) is 0 Å². The van der Waals surface area contributed by atoms with Crippen molar-refractivity contribution in [1.82, 2.24) is 14.8 Å². The number of benzene rings is 3. The highest BCUT2D eigenvalue weighted by Gasteiger charge is 2.20. The number of hydrogen-bond acceptors (Lipinski definition) is 7. The van der Waals surface area contributed by atoms with E-state index in [1.54, 1.807) is 19.2 Å². The van der Waals surface area contributed by atoms with Crippen molar-refractivity contribution < 1.29 is 19.0 Å². The van der Waals surface area contributed by atoms with Gasteiger partial charge in [0, 0.05) is 23.4 Å². The van der Waals surface area contributed by atoms with E-state index in [-0.39, 0.29) is 18.5 Å². The molecule has 0 saturated carbocycles. The molecule has 1 aliphatic heterocycles. The summed E-state index contributed by atoms with van der Waals surface area (Å²) in [5, 5.41) is 12.5. The maximum Gasteiger partial charge on any atom is 0.234 e. The largest absolute Gasteiger partial charge is 0.497 e. The Bertz CT molecular complexity index is 1330. The molecule has 2 heterocycles. The van der Waals surface area contributed by atoms with Gasteiger partial charge in [-0.15, -0.1) is 10.2 Å². The van der Waals surface area contributed by atoms with E-state index in [1.807, 2.05) is 59.2 Å². The van der Waals surface area contributed by atoms with E-state index in [2.05, 4.69) is 15.5 Å². The van der Waals surface area contributed by atoms with E-state index in [0.717, 1.165) is 17.0 Å². The average molecular weight is 495 g/mol. The van der Waals surface area contributed by atoms with Gasteiger partial charge >= 0.3 is 0 Å². The molecule has 0 unspecified atom stereocenters. The van der Waals surface area contributed by atoms with Gasteiger partial charge in [0.05, 0.1) is 23.6 Å². The molecule has 1 aliphatic rings. The molecule has 10 heteroatoms. The minimum absolute atomic E-state index is 0.109. The number of thioether (sulfide) groups is 1. The number of carbonyl (C=O) groups excluding carboxylic acids is 1. The van der Waals surface area contributed by atoms with Crippen molar-refractivity contribution in [2.24, 2.45) is 0 Å². The number of methoxy groups -OCH3 is 1. The first-order chi connectivity index (χ1) is 16.6. The fourth-order valence-electron chi connectivity index (χ4n) is 3.43. The molecular weight excluding hydrogens is 476 g/mol. The molecular formula is C24H19ClN4O4S. The molecule has 172 valence electrons. The number of aromatic nitrogens is 3. The molecule has 3 aromatic carbocycles. The van der Waals surface area contributed by atoms with Gasteiger partial charge in [-0.3, -0.25) is 9.36 Å². The van der Waals surface area contributed by atoms with E-state index in [0.29, 0.717) is 33.2 Å². The van der Waals surface area contributed by atoms with Crippen LogP contribution in [0.15, 0.2) is 71.9 Å². The van der Waals surface area contributed by atoms with Gasteiger partial charge in [0.25, 0.3) is 0 Å². The fraction of sp³-hybridized carbons (Fsp3) is 0.125. The lowest BCUT2D eigenvalue weighted by atomic mass is 10.2. The van der Waals surface area contributed by atoms with Gasteiger partial charge in [-0.25, -0.2) is 0 Å². The Morgan fingerprint density at radius 3 is 2.56 bits per heavy atom. The number of amides is 1. The molecule has 8 nitrogen and oxygen atoms in total. The van der Waals surface area contributed by atoms with Crippen molar-refractivity contribution in [3.05, 3.63) is 71.8 Å². The van der Waals surface area contributed by atoms with Gasteiger partial charge in [-0.1, -0.05) is 41.6 Å². The van der Waals surface area contributed by atoms with Crippen molar-refractivity contribution in [2.75, 3.05) is 25.0 Å². The molecule has 5 rings (SSSR count). The number of carbonyl (C=O) groups is 1. The van der Waals surface area contributed by atoms with Crippen LogP contribution in [-0.2, 0) is 4.79 Å². The molecule has 1 N–H and O–H groups in total. The van der Waals surface area contributed by atoms with Gasteiger partial charge in [-0.2, -0.15) is 0 Å². The Balaban J connectivity index is 1.37. The third-order valence-electron chi connectivity index (χ3n) is 5.06. The summed E-state index contributed by atoms with van der Waals surface area (Å²) < 4.78 is 17.8. The van der Waals surface area contributed by atoms with E-state index in [9.17, 15) is 4.79 Å². The second kappa shape index (κ2) is 9.66. The van der Waals surface area contributed by atoms with Crippen LogP contribution in [0.25, 0.3) is 17.1 Å². The normalized spacial score (nSPS) is 11.9. The predicted molar refractivity (Wildman–Crippen MR) is 130 cm³/mol. The summed E-state index contributed by atoms with van der Waals surface area (Å²) in [6.45, 7) is 0.130. The second-order valence-electron chi connectivity index (χ2n) is 7.23. The summed E-state index contributed by atoms with van der Waals surface area (Å²) in [6.07, 6.45) is 0. The number of halogens is 1. The number of para-hydroxylation sites is 1. The van der Waals surface area contributed by atoms with Crippen LogP contribution in [0.3, 0.4) is 0 Å². The van der Waals surface area contributed by atoms with Crippen molar-refractivity contribution in [1.29, 1.82) is 0 Å². The zero-order chi connectivity index (χ0) is 23.5. The third-order valence-corrected chi connectivity index (χ3v) is 6.31. The first-order valence-electron chi connectivity index (χ1n) is 10.3. The third kappa shape index (κ3) is 4.52. The summed E-state index contributed by atoms with van der Waals surface area (Å²) in [4.78, 5) is 12.7. The summed E-state index contributed by atoms with van der Waals surface area (Å²) in [7, 11) is 1.62. The molecule has 34 heavy (non-hydrogen) atoms. The topological polar surface area (TPSA) is 87.5 Å². The van der Waals surface area contributed by atoms with Gasteiger partial charge in [0.2, 0.25) is 12.7 Å². The van der Waals surface area contributed by atoms with Crippen LogP contribution in [-0.4, -0.2) is 40.3 Å². The van der Waals surface area contributed by atoms with Crippen LogP contribution < -0.4 is 19.5 Å². The smallest absolute Gasteiger partial charge is 0.234 e. The van der Waals surface area contributed by atoms with Crippen molar-refractivity contribution in [3.63, 3.8) is 0 Å². The minimum atomic E-state index is -0.237. The first kappa shape index (κ1) is 22.1. The lowest BCUT2D eigenvalue weighted by molar-refractivity contribution is -0.113. The number of anilines is 1. The van der Waals surface area contributed by atoms with Crippen LogP contribution in [0.5, 0.6) is 17.2 Å². The minimum Gasteiger partial charge on any atom is -0.497 e. The second-order valence-corrected chi connectivity index (χ2v) is 8.58. The molecule has 0 atom stereocenters. The van der Waals surface area contributed by atoms with E-state index >= 15 is 0 Å². The zero-order valence-electron chi connectivity index (χ0n) is 18.0. The molecule has 4 aromatic rings. The maximum atomic E-state index is 12.7. The summed E-state index contributed by atoms with van der Waals surface area (Å²) in [5.41, 5.74) is 2.22. The quantitative estimate of drug-likeness (QED) is 0.359. The van der Waals surface area contributed by atoms with Gasteiger partial charge < -0.3 is 19.5 Å². The van der Waals surface area contributed by atoms with Crippen LogP contribution >= 0.6 is 23.4 Å². The monoisotopic (exact) mass is 494 g/mol. The van der Waals surface area contributed by atoms with Crippen molar-refractivity contribution in [3.8, 4) is 34.3 Å². The molecule has 1 aromatic heterocycles. The summed E-state index contributed by atoms with van der Waals surface area (Å²) in [5.74, 6) is 2.39. The Morgan fingerprint density at radius 1 is 1.09 bits per heavy atom. The Hall–Kier alpha value is -3.69. The summed E-state index contributed by atoms with van der Waals surface area (Å²) in [6, 6.07) is 20.6. The lowest BCUT2D eigenvalue weighted by Gasteiger charge is -2.11. The number of fused-ring (bicyclic) bond motifs is 1. The van der Waals surface area contributed by atoms with E-state index in [1.165, 1.54) is 11.8 Å². The van der Waals surface area contributed by atoms with Gasteiger partial charge in [0.1, 0.15) is 5.75 Å². The molecule has 1 amide bonds. The zero-order valence-corrected chi connectivity index (χ0v) is 19.6. The number of hydrogen-bond donors (Lipinski definition) is 1. The first-order valence-corrected chi connectivity index (χ1v) is 11.7. The maximum absolute atomic E-state index is 12.7. The molecule has 0 aliphatic carbocycles. The molecule has 0 spiro atoms. The number of rotatable bonds is 7. The van der Waals surface area contributed by atoms with E-state index < -0.39 is 0 Å². The highest BCUT2D eigenvalue weighted by Crippen LogP contribution is 2.39. The highest BCUT2D eigenvalue weighted by molar-refractivity contribution is 7.99. The molecule has 0 saturated heterocycles. The van der Waals surface area contributed by atoms with Gasteiger partial charge in [0.15, 0.2) is 22.5 Å². The Labute approximate surface area is 204 Å². The van der Waals surface area contributed by atoms with Crippen LogP contribution in [0.1, 0.15) is 0 Å². The Morgan fingerprint density at radius 2 is 1.82 bits per heavy atom. The molecule has 0 fully saturated rings. The number of ether oxygens (including phenoxy) is 3. The Kier molecular flexibility index (Phi) is 6.29. The number of nitrogens with one attached hydrogen (secondary N) is 1. The molecule has 0 bridgehead atoms. The average Bonchev–Trinajstić information content (AvgIpc) is 3.50. The van der Waals surface area contributed by atoms with Crippen molar-refractivity contribution in [2.45, 2.75) is 5.16 Å². The van der Waals surface area contributed by atoms with Crippen LogP contribution in [0.2, 0.25) is 5.02 Å². The standard InChI is InChI=1S/C24H19ClN4O4S/c1-31-17-9-7-15(8-10-17)23-27-28-24(29(23)16-5-3-2-4-6-16)34-13-22(30)26-19-12-21-20(11-18(19)25)32-14-33-21/h2-12H,13-14H2,1H3,(H,26,30). The fourth-order valence-corrected chi connectivity index (χ4v) is 4.38. The lowest BCUT2D eigenvalue weighted by Crippen LogP contribution is -2.15. The number of nitrogens with zero attached hydrogens (tertiary/aromatic N) is 3. The molecule has 0 radical (unpaired) electrons. The summed E-state index contributed by atoms with van der Waals surface area (Å²) >= 11 is 7.55. The SMILES string of the molecule is COc1ccc(-c2nnc(SCC(=O)Nc3cc4c(cc3Cl)OCO4)n2-c2ccccc2)cc1. The highest BCUT2D eigenvalue weighted by atomic mass is 35.5.